The Morgan fingerprint density at radius 1 is 1.56 bits per heavy atom. The number of hydrogen-bond acceptors (Lipinski definition) is 4. The lowest BCUT2D eigenvalue weighted by molar-refractivity contribution is -0.384. The lowest BCUT2D eigenvalue weighted by Gasteiger charge is -2.03. The van der Waals surface area contributed by atoms with Crippen molar-refractivity contribution in [3.8, 4) is 5.69 Å². The van der Waals surface area contributed by atoms with Crippen molar-refractivity contribution in [2.45, 2.75) is 11.8 Å². The van der Waals surface area contributed by atoms with Gasteiger partial charge in [-0.1, -0.05) is 38.8 Å². The third-order valence-corrected chi connectivity index (χ3v) is 3.08. The van der Waals surface area contributed by atoms with E-state index in [1.54, 1.807) is 12.3 Å². The quantitative estimate of drug-likeness (QED) is 0.491. The molecular weight excluding hydrogens is 323 g/mol. The Hall–Kier alpha value is -1.47. The molecule has 6 nitrogen and oxygen atoms in total. The first-order chi connectivity index (χ1) is 8.50. The van der Waals surface area contributed by atoms with Gasteiger partial charge in [0, 0.05) is 6.07 Å². The van der Waals surface area contributed by atoms with Crippen LogP contribution in [0.2, 0.25) is 5.02 Å². The second kappa shape index (κ2) is 5.03. The highest BCUT2D eigenvalue weighted by Gasteiger charge is 2.20. The van der Waals surface area contributed by atoms with Gasteiger partial charge in [0.2, 0.25) is 0 Å². The summed E-state index contributed by atoms with van der Waals surface area (Å²) in [5.41, 5.74) is 0.779. The molecule has 0 bridgehead atoms. The molecule has 0 saturated carbocycles. The standard InChI is InChI=1S/C10H8BrClN4O2/c1-6(11)8-5-15(14-13-8)10-7(12)3-2-4-9(10)16(17)18/h2-6H,1H3. The summed E-state index contributed by atoms with van der Waals surface area (Å²) in [6.45, 7) is 1.88. The molecule has 1 atom stereocenters. The van der Waals surface area contributed by atoms with E-state index in [2.05, 4.69) is 26.2 Å². The van der Waals surface area contributed by atoms with Gasteiger partial charge in [-0.05, 0) is 13.0 Å². The zero-order chi connectivity index (χ0) is 13.3. The van der Waals surface area contributed by atoms with Gasteiger partial charge in [0.15, 0.2) is 5.69 Å². The Labute approximate surface area is 116 Å². The van der Waals surface area contributed by atoms with Crippen molar-refractivity contribution in [2.24, 2.45) is 0 Å². The van der Waals surface area contributed by atoms with Crippen LogP contribution in [0.25, 0.3) is 5.69 Å². The van der Waals surface area contributed by atoms with E-state index in [1.165, 1.54) is 16.8 Å². The number of nitro benzene ring substituents is 1. The van der Waals surface area contributed by atoms with Crippen LogP contribution in [0.4, 0.5) is 5.69 Å². The van der Waals surface area contributed by atoms with Crippen molar-refractivity contribution in [3.05, 3.63) is 45.2 Å². The molecule has 0 radical (unpaired) electrons. The number of halogens is 2. The largest absolute Gasteiger partial charge is 0.296 e. The van der Waals surface area contributed by atoms with E-state index in [1.807, 2.05) is 6.92 Å². The van der Waals surface area contributed by atoms with E-state index in [0.29, 0.717) is 5.69 Å². The highest BCUT2D eigenvalue weighted by molar-refractivity contribution is 9.09. The minimum atomic E-state index is -0.500. The summed E-state index contributed by atoms with van der Waals surface area (Å²) in [6.07, 6.45) is 1.60. The molecule has 2 aromatic rings. The molecule has 8 heteroatoms. The molecule has 0 N–H and O–H groups in total. The molecule has 0 aliphatic rings. The number of alkyl halides is 1. The maximum absolute atomic E-state index is 11.0. The van der Waals surface area contributed by atoms with Gasteiger partial charge >= 0.3 is 0 Å². The Kier molecular flexibility index (Phi) is 3.63. The first kappa shape index (κ1) is 13.0. The van der Waals surface area contributed by atoms with Crippen LogP contribution in [0.3, 0.4) is 0 Å². The van der Waals surface area contributed by atoms with Crippen LogP contribution < -0.4 is 0 Å². The van der Waals surface area contributed by atoms with Crippen molar-refractivity contribution in [1.82, 2.24) is 15.0 Å². The summed E-state index contributed by atoms with van der Waals surface area (Å²) in [5, 5.41) is 19.0. The molecule has 1 aromatic carbocycles. The van der Waals surface area contributed by atoms with Crippen molar-refractivity contribution in [3.63, 3.8) is 0 Å². The second-order valence-corrected chi connectivity index (χ2v) is 5.35. The maximum atomic E-state index is 11.0. The molecule has 0 aliphatic carbocycles. The van der Waals surface area contributed by atoms with Crippen LogP contribution in [0.15, 0.2) is 24.4 Å². The molecule has 18 heavy (non-hydrogen) atoms. The molecule has 0 saturated heterocycles. The van der Waals surface area contributed by atoms with Crippen molar-refractivity contribution < 1.29 is 4.92 Å². The van der Waals surface area contributed by atoms with E-state index in [-0.39, 0.29) is 21.2 Å². The molecule has 1 aromatic heterocycles. The van der Waals surface area contributed by atoms with Gasteiger partial charge in [-0.25, -0.2) is 4.68 Å². The fraction of sp³-hybridized carbons (Fsp3) is 0.200. The molecule has 2 rings (SSSR count). The van der Waals surface area contributed by atoms with E-state index < -0.39 is 4.92 Å². The number of para-hydroxylation sites is 1. The third kappa shape index (κ3) is 2.37. The number of hydrogen-bond donors (Lipinski definition) is 0. The van der Waals surface area contributed by atoms with E-state index >= 15 is 0 Å². The predicted molar refractivity (Wildman–Crippen MR) is 70.4 cm³/mol. The van der Waals surface area contributed by atoms with Gasteiger partial charge in [-0.15, -0.1) is 5.10 Å². The van der Waals surface area contributed by atoms with Gasteiger partial charge < -0.3 is 0 Å². The summed E-state index contributed by atoms with van der Waals surface area (Å²) in [7, 11) is 0. The van der Waals surface area contributed by atoms with Crippen LogP contribution in [0.5, 0.6) is 0 Å². The van der Waals surface area contributed by atoms with Crippen LogP contribution in [-0.4, -0.2) is 19.9 Å². The molecular formula is C10H8BrClN4O2. The fourth-order valence-corrected chi connectivity index (χ4v) is 1.91. The zero-order valence-corrected chi connectivity index (χ0v) is 11.6. The summed E-state index contributed by atoms with van der Waals surface area (Å²) < 4.78 is 1.31. The highest BCUT2D eigenvalue weighted by atomic mass is 79.9. The number of nitro groups is 1. The summed E-state index contributed by atoms with van der Waals surface area (Å²) in [5.74, 6) is 0. The average Bonchev–Trinajstić information content (AvgIpc) is 2.77. The van der Waals surface area contributed by atoms with Crippen LogP contribution in [0, 0.1) is 10.1 Å². The van der Waals surface area contributed by atoms with Gasteiger partial charge in [0.1, 0.15) is 0 Å². The van der Waals surface area contributed by atoms with Crippen LogP contribution >= 0.6 is 27.5 Å². The van der Waals surface area contributed by atoms with Crippen molar-refractivity contribution in [1.29, 1.82) is 0 Å². The lowest BCUT2D eigenvalue weighted by atomic mass is 10.2. The van der Waals surface area contributed by atoms with Gasteiger partial charge in [-0.3, -0.25) is 10.1 Å². The monoisotopic (exact) mass is 330 g/mol. The molecule has 0 spiro atoms. The summed E-state index contributed by atoms with van der Waals surface area (Å²) >= 11 is 9.34. The van der Waals surface area contributed by atoms with E-state index in [9.17, 15) is 10.1 Å². The first-order valence-electron chi connectivity index (χ1n) is 5.00. The van der Waals surface area contributed by atoms with Gasteiger partial charge in [0.25, 0.3) is 5.69 Å². The van der Waals surface area contributed by atoms with Crippen LogP contribution in [-0.2, 0) is 0 Å². The SMILES string of the molecule is CC(Br)c1cn(-c2c(Cl)cccc2[N+](=O)[O-])nn1. The smallest absolute Gasteiger partial charge is 0.258 e. The van der Waals surface area contributed by atoms with Crippen LogP contribution in [0.1, 0.15) is 17.4 Å². The molecule has 0 aliphatic heterocycles. The zero-order valence-electron chi connectivity index (χ0n) is 9.25. The molecule has 1 unspecified atom stereocenters. The van der Waals surface area contributed by atoms with Crippen molar-refractivity contribution >= 4 is 33.2 Å². The minimum absolute atomic E-state index is 0.00722. The maximum Gasteiger partial charge on any atom is 0.296 e. The number of nitrogens with zero attached hydrogens (tertiary/aromatic N) is 4. The predicted octanol–water partition coefficient (Wildman–Crippen LogP) is 3.28. The van der Waals surface area contributed by atoms with Gasteiger partial charge in [-0.2, -0.15) is 0 Å². The molecule has 1 heterocycles. The number of aromatic nitrogens is 3. The number of rotatable bonds is 3. The Balaban J connectivity index is 2.58. The lowest BCUT2D eigenvalue weighted by Crippen LogP contribution is -2.01. The Bertz CT molecular complexity index is 599. The normalized spacial score (nSPS) is 12.4. The summed E-state index contributed by atoms with van der Waals surface area (Å²) in [6, 6.07) is 4.47. The number of benzene rings is 1. The second-order valence-electron chi connectivity index (χ2n) is 3.57. The van der Waals surface area contributed by atoms with Crippen molar-refractivity contribution in [2.75, 3.05) is 0 Å². The Morgan fingerprint density at radius 3 is 2.83 bits per heavy atom. The van der Waals surface area contributed by atoms with E-state index in [0.717, 1.165) is 0 Å². The average molecular weight is 332 g/mol. The minimum Gasteiger partial charge on any atom is -0.258 e. The molecule has 94 valence electrons. The third-order valence-electron chi connectivity index (χ3n) is 2.31. The van der Waals surface area contributed by atoms with E-state index in [4.69, 9.17) is 11.6 Å². The topological polar surface area (TPSA) is 73.8 Å². The highest BCUT2D eigenvalue weighted by Crippen LogP contribution is 2.30. The Morgan fingerprint density at radius 2 is 2.28 bits per heavy atom. The fourth-order valence-electron chi connectivity index (χ4n) is 1.45. The van der Waals surface area contributed by atoms with Gasteiger partial charge in [0.05, 0.1) is 26.7 Å². The molecule has 0 amide bonds. The first-order valence-corrected chi connectivity index (χ1v) is 6.29. The molecule has 0 fully saturated rings. The summed E-state index contributed by atoms with van der Waals surface area (Å²) in [4.78, 5) is 10.5.